The standard InChI is InChI=1S/C12H20F4N2O/c1-9-3-7-18(8-4-9)6-2-5-17-11(19)12(15,16)10(13)14/h9-10H,2-8H2,1H3,(H,17,19). The van der Waals surface area contributed by atoms with Crippen LogP contribution in [0.1, 0.15) is 26.2 Å². The second kappa shape index (κ2) is 7.07. The SMILES string of the molecule is CC1CCN(CCCNC(=O)C(F)(F)C(F)F)CC1. The molecular formula is C12H20F4N2O. The highest BCUT2D eigenvalue weighted by molar-refractivity contribution is 5.83. The lowest BCUT2D eigenvalue weighted by atomic mass is 9.99. The Bertz CT molecular complexity index is 291. The Morgan fingerprint density at radius 3 is 2.47 bits per heavy atom. The van der Waals surface area contributed by atoms with Crippen LogP contribution < -0.4 is 5.32 Å². The molecular weight excluding hydrogens is 264 g/mol. The molecule has 1 amide bonds. The van der Waals surface area contributed by atoms with Crippen molar-refractivity contribution in [2.75, 3.05) is 26.2 Å². The molecule has 112 valence electrons. The smallest absolute Gasteiger partial charge is 0.351 e. The monoisotopic (exact) mass is 284 g/mol. The first-order valence-electron chi connectivity index (χ1n) is 6.50. The van der Waals surface area contributed by atoms with Gasteiger partial charge in [0.05, 0.1) is 0 Å². The van der Waals surface area contributed by atoms with Gasteiger partial charge in [0.2, 0.25) is 0 Å². The molecule has 0 spiro atoms. The number of carbonyl (C=O) groups is 1. The summed E-state index contributed by atoms with van der Waals surface area (Å²) in [6, 6.07) is 0. The van der Waals surface area contributed by atoms with E-state index in [0.717, 1.165) is 25.9 Å². The molecule has 0 aromatic carbocycles. The quantitative estimate of drug-likeness (QED) is 0.598. The number of amides is 1. The minimum atomic E-state index is -4.60. The van der Waals surface area contributed by atoms with Gasteiger partial charge in [0.25, 0.3) is 5.91 Å². The normalized spacial score (nSPS) is 18.8. The van der Waals surface area contributed by atoms with Crippen LogP contribution in [0.3, 0.4) is 0 Å². The second-order valence-electron chi connectivity index (χ2n) is 5.06. The first-order chi connectivity index (χ1) is 8.84. The zero-order valence-electron chi connectivity index (χ0n) is 11.0. The van der Waals surface area contributed by atoms with Gasteiger partial charge < -0.3 is 10.2 Å². The molecule has 1 saturated heterocycles. The third kappa shape index (κ3) is 4.97. The van der Waals surface area contributed by atoms with Gasteiger partial charge in [0, 0.05) is 6.54 Å². The average molecular weight is 284 g/mol. The Morgan fingerprint density at radius 1 is 1.37 bits per heavy atom. The van der Waals surface area contributed by atoms with Gasteiger partial charge in [0.1, 0.15) is 0 Å². The highest BCUT2D eigenvalue weighted by Gasteiger charge is 2.48. The molecule has 0 aromatic rings. The van der Waals surface area contributed by atoms with Crippen molar-refractivity contribution in [3.63, 3.8) is 0 Å². The van der Waals surface area contributed by atoms with E-state index in [9.17, 15) is 22.4 Å². The van der Waals surface area contributed by atoms with Gasteiger partial charge in [-0.15, -0.1) is 0 Å². The van der Waals surface area contributed by atoms with Gasteiger partial charge >= 0.3 is 12.3 Å². The van der Waals surface area contributed by atoms with E-state index in [0.29, 0.717) is 18.9 Å². The molecule has 0 saturated carbocycles. The first kappa shape index (κ1) is 16.2. The van der Waals surface area contributed by atoms with Crippen LogP contribution in [-0.2, 0) is 4.79 Å². The minimum absolute atomic E-state index is 0.00675. The van der Waals surface area contributed by atoms with Crippen LogP contribution in [0.5, 0.6) is 0 Å². The fourth-order valence-electron chi connectivity index (χ4n) is 2.01. The maximum atomic E-state index is 12.6. The van der Waals surface area contributed by atoms with E-state index in [4.69, 9.17) is 0 Å². The third-order valence-corrected chi connectivity index (χ3v) is 3.39. The lowest BCUT2D eigenvalue weighted by molar-refractivity contribution is -0.169. The molecule has 0 radical (unpaired) electrons. The molecule has 19 heavy (non-hydrogen) atoms. The average Bonchev–Trinajstić information content (AvgIpc) is 2.36. The number of alkyl halides is 4. The van der Waals surface area contributed by atoms with Gasteiger partial charge in [-0.25, -0.2) is 8.78 Å². The molecule has 1 aliphatic heterocycles. The summed E-state index contributed by atoms with van der Waals surface area (Å²) < 4.78 is 48.9. The van der Waals surface area contributed by atoms with Gasteiger partial charge in [0.15, 0.2) is 0 Å². The van der Waals surface area contributed by atoms with Crippen LogP contribution in [0.4, 0.5) is 17.6 Å². The number of likely N-dealkylation sites (tertiary alicyclic amines) is 1. The van der Waals surface area contributed by atoms with Gasteiger partial charge in [-0.3, -0.25) is 4.79 Å². The third-order valence-electron chi connectivity index (χ3n) is 3.39. The molecule has 0 unspecified atom stereocenters. The van der Waals surface area contributed by atoms with Gasteiger partial charge in [-0.2, -0.15) is 8.78 Å². The number of hydrogen-bond donors (Lipinski definition) is 1. The second-order valence-corrected chi connectivity index (χ2v) is 5.06. The predicted molar refractivity (Wildman–Crippen MR) is 63.4 cm³/mol. The molecule has 1 rings (SSSR count). The Kier molecular flexibility index (Phi) is 6.03. The van der Waals surface area contributed by atoms with E-state index >= 15 is 0 Å². The number of nitrogens with one attached hydrogen (secondary N) is 1. The van der Waals surface area contributed by atoms with Crippen molar-refractivity contribution in [1.29, 1.82) is 0 Å². The molecule has 1 fully saturated rings. The maximum Gasteiger partial charge on any atom is 0.383 e. The summed E-state index contributed by atoms with van der Waals surface area (Å²) in [6.07, 6.45) is -1.26. The number of rotatable bonds is 6. The fraction of sp³-hybridized carbons (Fsp3) is 0.917. The van der Waals surface area contributed by atoms with Crippen LogP contribution in [0.2, 0.25) is 0 Å². The summed E-state index contributed by atoms with van der Waals surface area (Å²) >= 11 is 0. The Hall–Kier alpha value is -0.850. The van der Waals surface area contributed by atoms with E-state index in [1.165, 1.54) is 0 Å². The molecule has 1 aliphatic rings. The Balaban J connectivity index is 2.15. The van der Waals surface area contributed by atoms with E-state index < -0.39 is 18.3 Å². The molecule has 1 heterocycles. The van der Waals surface area contributed by atoms with E-state index in [1.54, 1.807) is 0 Å². The first-order valence-corrected chi connectivity index (χ1v) is 6.50. The summed E-state index contributed by atoms with van der Waals surface area (Å²) in [6.45, 7) is 4.79. The fourth-order valence-corrected chi connectivity index (χ4v) is 2.01. The van der Waals surface area contributed by atoms with Crippen LogP contribution in [0.15, 0.2) is 0 Å². The predicted octanol–water partition coefficient (Wildman–Crippen LogP) is 2.12. The highest BCUT2D eigenvalue weighted by Crippen LogP contribution is 2.22. The van der Waals surface area contributed by atoms with E-state index in [2.05, 4.69) is 11.8 Å². The molecule has 1 N–H and O–H groups in total. The van der Waals surface area contributed by atoms with Crippen LogP contribution in [0.25, 0.3) is 0 Å². The zero-order valence-corrected chi connectivity index (χ0v) is 11.0. The molecule has 0 aromatic heterocycles. The molecule has 0 atom stereocenters. The largest absolute Gasteiger partial charge is 0.383 e. The zero-order chi connectivity index (χ0) is 14.5. The Labute approximate surface area is 110 Å². The van der Waals surface area contributed by atoms with Crippen molar-refractivity contribution >= 4 is 5.91 Å². The number of carbonyl (C=O) groups excluding carboxylic acids is 1. The molecule has 0 aliphatic carbocycles. The topological polar surface area (TPSA) is 32.3 Å². The summed E-state index contributed by atoms with van der Waals surface area (Å²) in [4.78, 5) is 13.0. The van der Waals surface area contributed by atoms with Crippen LogP contribution >= 0.6 is 0 Å². The molecule has 3 nitrogen and oxygen atoms in total. The maximum absolute atomic E-state index is 12.6. The Morgan fingerprint density at radius 2 is 1.95 bits per heavy atom. The van der Waals surface area contributed by atoms with Crippen LogP contribution in [-0.4, -0.2) is 49.3 Å². The highest BCUT2D eigenvalue weighted by atomic mass is 19.3. The van der Waals surface area contributed by atoms with Crippen molar-refractivity contribution in [2.45, 2.75) is 38.5 Å². The van der Waals surface area contributed by atoms with Gasteiger partial charge in [-0.1, -0.05) is 6.92 Å². The van der Waals surface area contributed by atoms with Crippen molar-refractivity contribution in [3.8, 4) is 0 Å². The summed E-state index contributed by atoms with van der Waals surface area (Å²) in [5.74, 6) is -5.78. The van der Waals surface area contributed by atoms with Crippen molar-refractivity contribution in [3.05, 3.63) is 0 Å². The summed E-state index contributed by atoms with van der Waals surface area (Å²) in [5.41, 5.74) is 0. The summed E-state index contributed by atoms with van der Waals surface area (Å²) in [5, 5.41) is 1.86. The number of nitrogens with zero attached hydrogens (tertiary/aromatic N) is 1. The van der Waals surface area contributed by atoms with Gasteiger partial charge in [-0.05, 0) is 44.8 Å². The minimum Gasteiger partial charge on any atom is -0.351 e. The van der Waals surface area contributed by atoms with E-state index in [-0.39, 0.29) is 6.54 Å². The lowest BCUT2D eigenvalue weighted by Crippen LogP contribution is -2.46. The van der Waals surface area contributed by atoms with Crippen molar-refractivity contribution in [1.82, 2.24) is 10.2 Å². The number of piperidine rings is 1. The molecule has 0 bridgehead atoms. The lowest BCUT2D eigenvalue weighted by Gasteiger charge is -2.30. The number of halogens is 4. The van der Waals surface area contributed by atoms with Crippen LogP contribution in [0, 0.1) is 5.92 Å². The molecule has 7 heteroatoms. The summed E-state index contributed by atoms with van der Waals surface area (Å²) in [7, 11) is 0. The van der Waals surface area contributed by atoms with Crippen molar-refractivity contribution in [2.24, 2.45) is 5.92 Å². The number of hydrogen-bond acceptors (Lipinski definition) is 2. The van der Waals surface area contributed by atoms with Crippen molar-refractivity contribution < 1.29 is 22.4 Å². The van der Waals surface area contributed by atoms with E-state index in [1.807, 2.05) is 5.32 Å².